The van der Waals surface area contributed by atoms with Gasteiger partial charge in [0.25, 0.3) is 0 Å². The van der Waals surface area contributed by atoms with Crippen LogP contribution in [-0.2, 0) is 0 Å². The predicted octanol–water partition coefficient (Wildman–Crippen LogP) is 2.78. The fourth-order valence-corrected chi connectivity index (χ4v) is 3.20. The van der Waals surface area contributed by atoms with Gasteiger partial charge in [-0.1, -0.05) is 12.1 Å². The van der Waals surface area contributed by atoms with Crippen LogP contribution >= 0.6 is 15.9 Å². The van der Waals surface area contributed by atoms with Crippen LogP contribution in [0.4, 0.5) is 5.69 Å². The van der Waals surface area contributed by atoms with E-state index >= 15 is 0 Å². The van der Waals surface area contributed by atoms with E-state index in [1.807, 2.05) is 18.2 Å². The van der Waals surface area contributed by atoms with Gasteiger partial charge in [-0.05, 0) is 53.4 Å². The Morgan fingerprint density at radius 3 is 2.72 bits per heavy atom. The summed E-state index contributed by atoms with van der Waals surface area (Å²) in [7, 11) is 0. The summed E-state index contributed by atoms with van der Waals surface area (Å²) in [6.07, 6.45) is 1.22. The van der Waals surface area contributed by atoms with E-state index in [2.05, 4.69) is 39.8 Å². The zero-order valence-corrected chi connectivity index (χ0v) is 12.2. The van der Waals surface area contributed by atoms with E-state index in [1.54, 1.807) is 0 Å². The SMILES string of the molecule is CC1CC(C)N(c2ccc(/C(N)=N/O)cc2Br)C1. The fraction of sp³-hybridized carbons (Fsp3) is 0.462. The van der Waals surface area contributed by atoms with Crippen LogP contribution in [0.5, 0.6) is 0 Å². The zero-order valence-electron chi connectivity index (χ0n) is 10.6. The number of nitrogens with zero attached hydrogens (tertiary/aromatic N) is 2. The van der Waals surface area contributed by atoms with Crippen molar-refractivity contribution in [3.05, 3.63) is 28.2 Å². The molecule has 0 radical (unpaired) electrons. The molecule has 98 valence electrons. The van der Waals surface area contributed by atoms with Crippen LogP contribution in [-0.4, -0.2) is 23.6 Å². The van der Waals surface area contributed by atoms with Gasteiger partial charge in [0.15, 0.2) is 5.84 Å². The van der Waals surface area contributed by atoms with Gasteiger partial charge >= 0.3 is 0 Å². The maximum atomic E-state index is 8.67. The summed E-state index contributed by atoms with van der Waals surface area (Å²) < 4.78 is 0.979. The Balaban J connectivity index is 2.30. The highest BCUT2D eigenvalue weighted by Crippen LogP contribution is 2.34. The smallest absolute Gasteiger partial charge is 0.170 e. The largest absolute Gasteiger partial charge is 0.409 e. The van der Waals surface area contributed by atoms with Crippen molar-refractivity contribution in [3.8, 4) is 0 Å². The summed E-state index contributed by atoms with van der Waals surface area (Å²) in [6.45, 7) is 5.59. The van der Waals surface area contributed by atoms with E-state index in [1.165, 1.54) is 12.1 Å². The molecule has 1 aromatic rings. The highest BCUT2D eigenvalue weighted by Gasteiger charge is 2.27. The summed E-state index contributed by atoms with van der Waals surface area (Å²) >= 11 is 3.57. The first-order valence-corrected chi connectivity index (χ1v) is 6.86. The van der Waals surface area contributed by atoms with Gasteiger partial charge in [-0.25, -0.2) is 0 Å². The highest BCUT2D eigenvalue weighted by molar-refractivity contribution is 9.10. The van der Waals surface area contributed by atoms with Gasteiger partial charge in [-0.2, -0.15) is 0 Å². The Morgan fingerprint density at radius 2 is 2.22 bits per heavy atom. The minimum Gasteiger partial charge on any atom is -0.409 e. The van der Waals surface area contributed by atoms with Crippen molar-refractivity contribution in [2.45, 2.75) is 26.3 Å². The first-order valence-electron chi connectivity index (χ1n) is 6.07. The van der Waals surface area contributed by atoms with Crippen LogP contribution in [0.3, 0.4) is 0 Å². The molecule has 0 bridgehead atoms. The molecule has 1 saturated heterocycles. The molecular formula is C13H18BrN3O. The standard InChI is InChI=1S/C13H18BrN3O/c1-8-5-9(2)17(7-8)12-4-3-10(6-11(12)14)13(15)16-18/h3-4,6,8-9,18H,5,7H2,1-2H3,(H2,15,16). The monoisotopic (exact) mass is 311 g/mol. The van der Waals surface area contributed by atoms with Crippen molar-refractivity contribution in [2.24, 2.45) is 16.8 Å². The van der Waals surface area contributed by atoms with Crippen LogP contribution in [0.25, 0.3) is 0 Å². The number of amidine groups is 1. The van der Waals surface area contributed by atoms with Gasteiger partial charge in [0, 0.05) is 22.6 Å². The molecule has 1 aliphatic rings. The number of benzene rings is 1. The second-order valence-corrected chi connectivity index (χ2v) is 5.85. The van der Waals surface area contributed by atoms with E-state index in [0.29, 0.717) is 11.6 Å². The Morgan fingerprint density at radius 1 is 1.50 bits per heavy atom. The first-order chi connectivity index (χ1) is 8.52. The lowest BCUT2D eigenvalue weighted by atomic mass is 10.1. The number of rotatable bonds is 2. The van der Waals surface area contributed by atoms with E-state index in [-0.39, 0.29) is 5.84 Å². The van der Waals surface area contributed by atoms with Gasteiger partial charge in [-0.15, -0.1) is 0 Å². The number of anilines is 1. The third-order valence-electron chi connectivity index (χ3n) is 3.44. The number of halogens is 1. The number of hydrogen-bond acceptors (Lipinski definition) is 3. The van der Waals surface area contributed by atoms with Crippen molar-refractivity contribution in [1.29, 1.82) is 0 Å². The van der Waals surface area contributed by atoms with Gasteiger partial charge in [0.1, 0.15) is 0 Å². The molecule has 0 saturated carbocycles. The number of nitrogens with two attached hydrogens (primary N) is 1. The minimum absolute atomic E-state index is 0.130. The van der Waals surface area contributed by atoms with Crippen LogP contribution in [0, 0.1) is 5.92 Å². The summed E-state index contributed by atoms with van der Waals surface area (Å²) in [4.78, 5) is 2.39. The number of oxime groups is 1. The molecule has 18 heavy (non-hydrogen) atoms. The maximum absolute atomic E-state index is 8.67. The molecule has 4 nitrogen and oxygen atoms in total. The quantitative estimate of drug-likeness (QED) is 0.382. The van der Waals surface area contributed by atoms with Gasteiger partial charge < -0.3 is 15.8 Å². The fourth-order valence-electron chi connectivity index (χ4n) is 2.59. The van der Waals surface area contributed by atoms with Crippen molar-refractivity contribution >= 4 is 27.5 Å². The molecule has 5 heteroatoms. The Hall–Kier alpha value is -1.23. The average Bonchev–Trinajstić information content (AvgIpc) is 2.67. The molecule has 0 aliphatic carbocycles. The zero-order chi connectivity index (χ0) is 13.3. The highest BCUT2D eigenvalue weighted by atomic mass is 79.9. The van der Waals surface area contributed by atoms with Crippen LogP contribution in [0.1, 0.15) is 25.8 Å². The normalized spacial score (nSPS) is 24.6. The molecular weight excluding hydrogens is 294 g/mol. The topological polar surface area (TPSA) is 61.8 Å². The van der Waals surface area contributed by atoms with Crippen molar-refractivity contribution in [1.82, 2.24) is 0 Å². The van der Waals surface area contributed by atoms with Gasteiger partial charge in [0.2, 0.25) is 0 Å². The summed E-state index contributed by atoms with van der Waals surface area (Å²) in [6, 6.07) is 6.34. The Labute approximate surface area is 116 Å². The third kappa shape index (κ3) is 2.46. The second-order valence-electron chi connectivity index (χ2n) is 4.99. The van der Waals surface area contributed by atoms with E-state index in [9.17, 15) is 0 Å². The minimum atomic E-state index is 0.130. The Kier molecular flexibility index (Phi) is 3.80. The van der Waals surface area contributed by atoms with Crippen LogP contribution in [0.2, 0.25) is 0 Å². The van der Waals surface area contributed by atoms with Crippen LogP contribution < -0.4 is 10.6 Å². The predicted molar refractivity (Wildman–Crippen MR) is 77.2 cm³/mol. The van der Waals surface area contributed by atoms with Gasteiger partial charge in [0.05, 0.1) is 5.69 Å². The van der Waals surface area contributed by atoms with Crippen molar-refractivity contribution in [2.75, 3.05) is 11.4 Å². The molecule has 0 amide bonds. The maximum Gasteiger partial charge on any atom is 0.170 e. The lowest BCUT2D eigenvalue weighted by Crippen LogP contribution is -2.27. The molecule has 0 spiro atoms. The van der Waals surface area contributed by atoms with Crippen molar-refractivity contribution < 1.29 is 5.21 Å². The summed E-state index contributed by atoms with van der Waals surface area (Å²) in [5, 5.41) is 11.7. The second kappa shape index (κ2) is 5.18. The molecule has 1 heterocycles. The summed E-state index contributed by atoms with van der Waals surface area (Å²) in [5.74, 6) is 0.848. The molecule has 2 unspecified atom stereocenters. The molecule has 2 atom stereocenters. The van der Waals surface area contributed by atoms with Crippen molar-refractivity contribution in [3.63, 3.8) is 0 Å². The Bertz CT molecular complexity index is 475. The summed E-state index contributed by atoms with van der Waals surface area (Å²) in [5.41, 5.74) is 7.47. The molecule has 2 rings (SSSR count). The van der Waals surface area contributed by atoms with Crippen LogP contribution in [0.15, 0.2) is 27.8 Å². The first kappa shape index (κ1) is 13.2. The molecule has 1 fully saturated rings. The van der Waals surface area contributed by atoms with E-state index in [4.69, 9.17) is 10.9 Å². The third-order valence-corrected chi connectivity index (χ3v) is 4.08. The lowest BCUT2D eigenvalue weighted by Gasteiger charge is -2.25. The average molecular weight is 312 g/mol. The molecule has 3 N–H and O–H groups in total. The van der Waals surface area contributed by atoms with Gasteiger partial charge in [-0.3, -0.25) is 0 Å². The molecule has 1 aliphatic heterocycles. The number of hydrogen-bond donors (Lipinski definition) is 2. The molecule has 0 aromatic heterocycles. The lowest BCUT2D eigenvalue weighted by molar-refractivity contribution is 0.318. The van der Waals surface area contributed by atoms with E-state index in [0.717, 1.165) is 16.9 Å². The van der Waals surface area contributed by atoms with E-state index < -0.39 is 0 Å². The molecule has 1 aromatic carbocycles.